The van der Waals surface area contributed by atoms with Gasteiger partial charge in [0.25, 0.3) is 5.91 Å². The highest BCUT2D eigenvalue weighted by Gasteiger charge is 2.23. The third kappa shape index (κ3) is 14.3. The summed E-state index contributed by atoms with van der Waals surface area (Å²) in [6.45, 7) is 8.67. The van der Waals surface area contributed by atoms with Crippen molar-refractivity contribution >= 4 is 30.6 Å². The molecule has 2 amide bonds. The van der Waals surface area contributed by atoms with E-state index in [1.807, 2.05) is 13.0 Å². The number of benzene rings is 1. The molecule has 1 N–H and O–H groups in total. The fourth-order valence-corrected chi connectivity index (χ4v) is 3.37. The Balaban J connectivity index is 2.14. The number of hydrogen-bond donors (Lipinski definition) is 1. The number of carbonyl (C=O) groups is 4. The van der Waals surface area contributed by atoms with Gasteiger partial charge in [-0.05, 0) is 38.0 Å². The van der Waals surface area contributed by atoms with E-state index in [0.29, 0.717) is 97.4 Å². The molecule has 0 bridgehead atoms. The molecule has 0 fully saturated rings. The SMILES string of the molecule is Cc1c(NCCOCCOCCOCCOCCOCCC=O)cccc1C(=O)N(C=O)C(C)CCC=O. The monoisotopic (exact) mass is 538 g/mol. The molecule has 38 heavy (non-hydrogen) atoms. The van der Waals surface area contributed by atoms with Gasteiger partial charge in [-0.1, -0.05) is 6.07 Å². The number of imide groups is 1. The van der Waals surface area contributed by atoms with Gasteiger partial charge in [-0.2, -0.15) is 0 Å². The molecule has 1 aromatic carbocycles. The van der Waals surface area contributed by atoms with Gasteiger partial charge in [0.1, 0.15) is 12.6 Å². The smallest absolute Gasteiger partial charge is 0.260 e. The van der Waals surface area contributed by atoms with Gasteiger partial charge in [-0.3, -0.25) is 14.5 Å². The first kappa shape index (κ1) is 33.3. The first-order chi connectivity index (χ1) is 18.6. The summed E-state index contributed by atoms with van der Waals surface area (Å²) >= 11 is 0. The number of nitrogens with zero attached hydrogens (tertiary/aromatic N) is 1. The van der Waals surface area contributed by atoms with Crippen LogP contribution in [0.5, 0.6) is 0 Å². The van der Waals surface area contributed by atoms with Crippen molar-refractivity contribution in [3.63, 3.8) is 0 Å². The highest BCUT2D eigenvalue weighted by molar-refractivity contribution is 6.02. The van der Waals surface area contributed by atoms with Crippen LogP contribution in [0.25, 0.3) is 0 Å². The van der Waals surface area contributed by atoms with Crippen LogP contribution in [0.1, 0.15) is 42.1 Å². The summed E-state index contributed by atoms with van der Waals surface area (Å²) in [6.07, 6.45) is 3.24. The number of nitrogens with one attached hydrogen (secondary N) is 1. The molecule has 0 heterocycles. The second kappa shape index (κ2) is 22.3. The predicted octanol–water partition coefficient (Wildman–Crippen LogP) is 2.05. The maximum absolute atomic E-state index is 12.9. The molecule has 0 saturated carbocycles. The quantitative estimate of drug-likeness (QED) is 0.146. The van der Waals surface area contributed by atoms with Crippen LogP contribution < -0.4 is 5.32 Å². The van der Waals surface area contributed by atoms with Crippen LogP contribution in [0.2, 0.25) is 0 Å². The summed E-state index contributed by atoms with van der Waals surface area (Å²) in [7, 11) is 0. The number of amides is 2. The van der Waals surface area contributed by atoms with E-state index in [2.05, 4.69) is 5.32 Å². The predicted molar refractivity (Wildman–Crippen MR) is 141 cm³/mol. The molecule has 0 radical (unpaired) electrons. The van der Waals surface area contributed by atoms with Gasteiger partial charge in [-0.25, -0.2) is 0 Å². The van der Waals surface area contributed by atoms with Crippen molar-refractivity contribution in [1.82, 2.24) is 4.90 Å². The summed E-state index contributed by atoms with van der Waals surface area (Å²) in [5, 5.41) is 3.26. The molecule has 1 rings (SSSR count). The molecule has 1 aromatic rings. The van der Waals surface area contributed by atoms with Gasteiger partial charge < -0.3 is 38.6 Å². The van der Waals surface area contributed by atoms with E-state index in [4.69, 9.17) is 23.7 Å². The maximum atomic E-state index is 12.9. The number of rotatable bonds is 25. The zero-order valence-corrected chi connectivity index (χ0v) is 22.6. The number of hydrogen-bond acceptors (Lipinski definition) is 10. The Kier molecular flexibility index (Phi) is 19.6. The molecule has 1 atom stereocenters. The Morgan fingerprint density at radius 2 is 1.34 bits per heavy atom. The van der Waals surface area contributed by atoms with Crippen LogP contribution in [0.4, 0.5) is 5.69 Å². The van der Waals surface area contributed by atoms with Crippen LogP contribution in [-0.2, 0) is 38.1 Å². The molecular weight excluding hydrogens is 496 g/mol. The first-order valence-corrected chi connectivity index (χ1v) is 12.9. The minimum absolute atomic E-state index is 0.288. The molecule has 0 aliphatic heterocycles. The van der Waals surface area contributed by atoms with E-state index in [0.717, 1.165) is 28.7 Å². The van der Waals surface area contributed by atoms with Crippen molar-refractivity contribution in [2.75, 3.05) is 77.9 Å². The fraction of sp³-hybridized carbons (Fsp3) is 0.630. The van der Waals surface area contributed by atoms with E-state index < -0.39 is 0 Å². The van der Waals surface area contributed by atoms with E-state index in [-0.39, 0.29) is 18.4 Å². The third-order valence-corrected chi connectivity index (χ3v) is 5.52. The summed E-state index contributed by atoms with van der Waals surface area (Å²) < 4.78 is 27.0. The van der Waals surface area contributed by atoms with Crippen LogP contribution in [0, 0.1) is 6.92 Å². The molecule has 0 aromatic heterocycles. The molecule has 0 aliphatic carbocycles. The Morgan fingerprint density at radius 1 is 0.816 bits per heavy atom. The Hall–Kier alpha value is -2.70. The lowest BCUT2D eigenvalue weighted by atomic mass is 10.0. The van der Waals surface area contributed by atoms with Crippen molar-refractivity contribution in [2.24, 2.45) is 0 Å². The van der Waals surface area contributed by atoms with Crippen LogP contribution in [-0.4, -0.2) is 108 Å². The average Bonchev–Trinajstić information content (AvgIpc) is 2.92. The molecule has 0 aliphatic rings. The van der Waals surface area contributed by atoms with E-state index in [1.165, 1.54) is 0 Å². The lowest BCUT2D eigenvalue weighted by Crippen LogP contribution is -2.38. The summed E-state index contributed by atoms with van der Waals surface area (Å²) in [5.41, 5.74) is 1.96. The second-order valence-electron chi connectivity index (χ2n) is 8.33. The van der Waals surface area contributed by atoms with Gasteiger partial charge in [0.05, 0.1) is 66.1 Å². The average molecular weight is 539 g/mol. The molecule has 1 unspecified atom stereocenters. The Labute approximate surface area is 225 Å². The number of carbonyl (C=O) groups excluding carboxylic acids is 4. The van der Waals surface area contributed by atoms with Crippen molar-refractivity contribution in [1.29, 1.82) is 0 Å². The van der Waals surface area contributed by atoms with Crippen molar-refractivity contribution in [2.45, 2.75) is 39.2 Å². The van der Waals surface area contributed by atoms with Gasteiger partial charge in [0, 0.05) is 36.7 Å². The highest BCUT2D eigenvalue weighted by atomic mass is 16.6. The van der Waals surface area contributed by atoms with Crippen LogP contribution >= 0.6 is 0 Å². The second-order valence-corrected chi connectivity index (χ2v) is 8.33. The van der Waals surface area contributed by atoms with Gasteiger partial charge in [-0.15, -0.1) is 0 Å². The zero-order valence-electron chi connectivity index (χ0n) is 22.6. The molecule has 11 heteroatoms. The van der Waals surface area contributed by atoms with Gasteiger partial charge in [0.2, 0.25) is 6.41 Å². The fourth-order valence-electron chi connectivity index (χ4n) is 3.37. The molecule has 0 spiro atoms. The largest absolute Gasteiger partial charge is 0.382 e. The number of ether oxygens (including phenoxy) is 5. The minimum atomic E-state index is -0.388. The van der Waals surface area contributed by atoms with E-state index >= 15 is 0 Å². The lowest BCUT2D eigenvalue weighted by molar-refractivity contribution is -0.118. The van der Waals surface area contributed by atoms with Crippen LogP contribution in [0.3, 0.4) is 0 Å². The molecule has 11 nitrogen and oxygen atoms in total. The Bertz CT molecular complexity index is 807. The molecular formula is C27H42N2O9. The third-order valence-electron chi connectivity index (χ3n) is 5.52. The number of anilines is 1. The first-order valence-electron chi connectivity index (χ1n) is 12.9. The standard InChI is InChI=1S/C27H42N2O9/c1-23(6-4-10-30)29(22-32)27(33)25-7-3-8-26(24(25)2)28-9-13-35-15-17-37-19-21-38-20-18-36-16-14-34-12-5-11-31/h3,7-8,10-11,22-23,28H,4-6,9,12-21H2,1-2H3. The molecule has 214 valence electrons. The lowest BCUT2D eigenvalue weighted by Gasteiger charge is -2.24. The van der Waals surface area contributed by atoms with Gasteiger partial charge >= 0.3 is 0 Å². The van der Waals surface area contributed by atoms with Crippen molar-refractivity contribution < 1.29 is 42.9 Å². The summed E-state index contributed by atoms with van der Waals surface area (Å²) in [4.78, 5) is 46.3. The highest BCUT2D eigenvalue weighted by Crippen LogP contribution is 2.21. The number of aldehydes is 2. The van der Waals surface area contributed by atoms with Crippen molar-refractivity contribution in [3.05, 3.63) is 29.3 Å². The zero-order chi connectivity index (χ0) is 27.8. The van der Waals surface area contributed by atoms with E-state index in [1.54, 1.807) is 19.1 Å². The topological polar surface area (TPSA) is 130 Å². The maximum Gasteiger partial charge on any atom is 0.260 e. The minimum Gasteiger partial charge on any atom is -0.382 e. The Morgan fingerprint density at radius 3 is 1.87 bits per heavy atom. The van der Waals surface area contributed by atoms with Crippen LogP contribution in [0.15, 0.2) is 18.2 Å². The van der Waals surface area contributed by atoms with Crippen molar-refractivity contribution in [3.8, 4) is 0 Å². The summed E-state index contributed by atoms with van der Waals surface area (Å²) in [6, 6.07) is 4.95. The summed E-state index contributed by atoms with van der Waals surface area (Å²) in [5.74, 6) is -0.388. The normalized spacial score (nSPS) is 11.6. The molecule has 0 saturated heterocycles. The van der Waals surface area contributed by atoms with E-state index in [9.17, 15) is 19.2 Å². The van der Waals surface area contributed by atoms with Gasteiger partial charge in [0.15, 0.2) is 0 Å².